The van der Waals surface area contributed by atoms with Gasteiger partial charge in [-0.15, -0.1) is 0 Å². The van der Waals surface area contributed by atoms with E-state index >= 15 is 0 Å². The Morgan fingerprint density at radius 1 is 1.29 bits per heavy atom. The molecule has 0 amide bonds. The highest BCUT2D eigenvalue weighted by atomic mass is 16.5. The van der Waals surface area contributed by atoms with Crippen molar-refractivity contribution in [3.8, 4) is 0 Å². The topological polar surface area (TPSA) is 55.5 Å². The molecule has 0 aromatic rings. The van der Waals surface area contributed by atoms with Crippen LogP contribution in [0.1, 0.15) is 52.4 Å². The maximum atomic E-state index is 8.74. The smallest absolute Gasteiger partial charge is 0.0804 e. The van der Waals surface area contributed by atoms with Crippen molar-refractivity contribution in [1.29, 1.82) is 0 Å². The second-order valence-electron chi connectivity index (χ2n) is 5.75. The Hall–Kier alpha value is -0.120. The van der Waals surface area contributed by atoms with Crippen molar-refractivity contribution in [1.82, 2.24) is 0 Å². The van der Waals surface area contributed by atoms with Crippen LogP contribution in [0.15, 0.2) is 0 Å². The first-order valence-electron chi connectivity index (χ1n) is 7.08. The van der Waals surface area contributed by atoms with Gasteiger partial charge in [0.2, 0.25) is 0 Å². The van der Waals surface area contributed by atoms with Crippen LogP contribution in [-0.2, 0) is 4.74 Å². The van der Waals surface area contributed by atoms with E-state index in [1.807, 2.05) is 0 Å². The minimum Gasteiger partial charge on any atom is -0.396 e. The molecule has 0 aromatic carbocycles. The molecule has 3 heteroatoms. The molecule has 0 atom stereocenters. The van der Waals surface area contributed by atoms with E-state index in [1.54, 1.807) is 0 Å². The third kappa shape index (κ3) is 4.57. The van der Waals surface area contributed by atoms with Crippen LogP contribution in [0, 0.1) is 11.8 Å². The van der Waals surface area contributed by atoms with Crippen molar-refractivity contribution in [2.24, 2.45) is 17.6 Å². The zero-order valence-corrected chi connectivity index (χ0v) is 11.5. The van der Waals surface area contributed by atoms with Crippen molar-refractivity contribution < 1.29 is 9.84 Å². The minimum absolute atomic E-state index is 0.0686. The standard InChI is InChI=1S/C14H29NO2/c1-12(2)13-5-7-14(11-15,8-6-13)17-10-4-3-9-16/h12-13,16H,3-11,15H2,1-2H3. The van der Waals surface area contributed by atoms with E-state index in [1.165, 1.54) is 12.8 Å². The molecule has 102 valence electrons. The maximum absolute atomic E-state index is 8.74. The normalized spacial score (nSPS) is 29.8. The molecule has 1 saturated carbocycles. The Balaban J connectivity index is 2.33. The summed E-state index contributed by atoms with van der Waals surface area (Å²) in [6.45, 7) is 6.25. The van der Waals surface area contributed by atoms with Gasteiger partial charge in [-0.25, -0.2) is 0 Å². The fourth-order valence-electron chi connectivity index (χ4n) is 2.74. The van der Waals surface area contributed by atoms with Gasteiger partial charge in [0.15, 0.2) is 0 Å². The summed E-state index contributed by atoms with van der Waals surface area (Å²) in [6, 6.07) is 0. The van der Waals surface area contributed by atoms with E-state index in [4.69, 9.17) is 15.6 Å². The van der Waals surface area contributed by atoms with Gasteiger partial charge in [-0.1, -0.05) is 13.8 Å². The van der Waals surface area contributed by atoms with Crippen molar-refractivity contribution in [2.45, 2.75) is 58.0 Å². The van der Waals surface area contributed by atoms with E-state index in [9.17, 15) is 0 Å². The molecule has 0 spiro atoms. The van der Waals surface area contributed by atoms with Gasteiger partial charge in [-0.05, 0) is 50.4 Å². The van der Waals surface area contributed by atoms with E-state index < -0.39 is 0 Å². The molecular formula is C14H29NO2. The molecule has 1 rings (SSSR count). The molecule has 1 aliphatic carbocycles. The molecular weight excluding hydrogens is 214 g/mol. The zero-order valence-electron chi connectivity index (χ0n) is 11.5. The van der Waals surface area contributed by atoms with Crippen LogP contribution >= 0.6 is 0 Å². The van der Waals surface area contributed by atoms with Crippen molar-refractivity contribution in [2.75, 3.05) is 19.8 Å². The van der Waals surface area contributed by atoms with Gasteiger partial charge in [0.05, 0.1) is 5.60 Å². The van der Waals surface area contributed by atoms with Crippen LogP contribution in [0.3, 0.4) is 0 Å². The molecule has 1 aliphatic rings. The van der Waals surface area contributed by atoms with Gasteiger partial charge in [0, 0.05) is 19.8 Å². The first-order chi connectivity index (χ1) is 8.13. The summed E-state index contributed by atoms with van der Waals surface area (Å²) in [7, 11) is 0. The summed E-state index contributed by atoms with van der Waals surface area (Å²) in [6.07, 6.45) is 6.46. The lowest BCUT2D eigenvalue weighted by atomic mass is 9.74. The van der Waals surface area contributed by atoms with E-state index in [0.29, 0.717) is 6.54 Å². The number of aliphatic hydroxyl groups is 1. The average molecular weight is 243 g/mol. The van der Waals surface area contributed by atoms with Crippen LogP contribution in [-0.4, -0.2) is 30.5 Å². The monoisotopic (exact) mass is 243 g/mol. The second kappa shape index (κ2) is 7.34. The van der Waals surface area contributed by atoms with E-state index in [0.717, 1.165) is 44.1 Å². The van der Waals surface area contributed by atoms with Crippen molar-refractivity contribution in [3.63, 3.8) is 0 Å². The van der Waals surface area contributed by atoms with Crippen molar-refractivity contribution >= 4 is 0 Å². The molecule has 3 N–H and O–H groups in total. The van der Waals surface area contributed by atoms with Crippen LogP contribution in [0.2, 0.25) is 0 Å². The lowest BCUT2D eigenvalue weighted by molar-refractivity contribution is -0.0760. The predicted molar refractivity (Wildman–Crippen MR) is 70.9 cm³/mol. The molecule has 0 unspecified atom stereocenters. The summed E-state index contributed by atoms with van der Waals surface area (Å²) in [5, 5.41) is 8.74. The Morgan fingerprint density at radius 2 is 1.94 bits per heavy atom. The fraction of sp³-hybridized carbons (Fsp3) is 1.00. The van der Waals surface area contributed by atoms with E-state index in [-0.39, 0.29) is 12.2 Å². The summed E-state index contributed by atoms with van der Waals surface area (Å²) in [5.74, 6) is 1.62. The first kappa shape index (κ1) is 14.9. The number of rotatable bonds is 7. The molecule has 0 heterocycles. The van der Waals surface area contributed by atoms with Crippen LogP contribution in [0.5, 0.6) is 0 Å². The molecule has 0 bridgehead atoms. The second-order valence-corrected chi connectivity index (χ2v) is 5.75. The fourth-order valence-corrected chi connectivity index (χ4v) is 2.74. The van der Waals surface area contributed by atoms with Crippen LogP contribution < -0.4 is 5.73 Å². The largest absolute Gasteiger partial charge is 0.396 e. The van der Waals surface area contributed by atoms with Crippen LogP contribution in [0.25, 0.3) is 0 Å². The Morgan fingerprint density at radius 3 is 2.41 bits per heavy atom. The number of aliphatic hydroxyl groups excluding tert-OH is 1. The molecule has 17 heavy (non-hydrogen) atoms. The highest BCUT2D eigenvalue weighted by molar-refractivity contribution is 4.89. The number of ether oxygens (including phenoxy) is 1. The zero-order chi connectivity index (χ0) is 12.7. The highest BCUT2D eigenvalue weighted by Gasteiger charge is 2.35. The lowest BCUT2D eigenvalue weighted by Crippen LogP contribution is -2.44. The van der Waals surface area contributed by atoms with Crippen LogP contribution in [0.4, 0.5) is 0 Å². The quantitative estimate of drug-likeness (QED) is 0.675. The number of hydrogen-bond acceptors (Lipinski definition) is 3. The van der Waals surface area contributed by atoms with Gasteiger partial charge >= 0.3 is 0 Å². The summed E-state index contributed by atoms with van der Waals surface area (Å²) in [4.78, 5) is 0. The first-order valence-corrected chi connectivity index (χ1v) is 7.08. The highest BCUT2D eigenvalue weighted by Crippen LogP contribution is 2.37. The predicted octanol–water partition coefficient (Wildman–Crippen LogP) is 2.32. The van der Waals surface area contributed by atoms with Crippen molar-refractivity contribution in [3.05, 3.63) is 0 Å². The van der Waals surface area contributed by atoms with Gasteiger partial charge in [0.1, 0.15) is 0 Å². The Kier molecular flexibility index (Phi) is 6.45. The average Bonchev–Trinajstić information content (AvgIpc) is 2.35. The number of nitrogens with two attached hydrogens (primary N) is 1. The third-order valence-electron chi connectivity index (χ3n) is 4.22. The molecule has 0 radical (unpaired) electrons. The van der Waals surface area contributed by atoms with Gasteiger partial charge in [0.25, 0.3) is 0 Å². The molecule has 3 nitrogen and oxygen atoms in total. The third-order valence-corrected chi connectivity index (χ3v) is 4.22. The lowest BCUT2D eigenvalue weighted by Gasteiger charge is -2.40. The molecule has 1 fully saturated rings. The van der Waals surface area contributed by atoms with E-state index in [2.05, 4.69) is 13.8 Å². The SMILES string of the molecule is CC(C)C1CCC(CN)(OCCCCO)CC1. The summed E-state index contributed by atoms with van der Waals surface area (Å²) >= 11 is 0. The maximum Gasteiger partial charge on any atom is 0.0804 e. The molecule has 0 aromatic heterocycles. The Bertz CT molecular complexity index is 198. The van der Waals surface area contributed by atoms with Gasteiger partial charge < -0.3 is 15.6 Å². The van der Waals surface area contributed by atoms with Gasteiger partial charge in [-0.3, -0.25) is 0 Å². The summed E-state index contributed by atoms with van der Waals surface area (Å²) < 4.78 is 6.01. The van der Waals surface area contributed by atoms with Gasteiger partial charge in [-0.2, -0.15) is 0 Å². The number of hydrogen-bond donors (Lipinski definition) is 2. The summed E-state index contributed by atoms with van der Waals surface area (Å²) in [5.41, 5.74) is 5.83. The molecule has 0 saturated heterocycles. The number of unbranched alkanes of at least 4 members (excludes halogenated alkanes) is 1. The minimum atomic E-state index is -0.0686. The molecule has 0 aliphatic heterocycles. The Labute approximate surface area is 106 Å².